The smallest absolute Gasteiger partial charge is 0.314 e. The number of hydrogen-bond acceptors (Lipinski definition) is 18. The molecule has 2 fully saturated rings. The topological polar surface area (TPSA) is 307 Å². The number of fused-ring (bicyclic) bond motifs is 2. The molecule has 6 atom stereocenters. The highest BCUT2D eigenvalue weighted by molar-refractivity contribution is 7.89. The van der Waals surface area contributed by atoms with Gasteiger partial charge < -0.3 is 70.6 Å². The van der Waals surface area contributed by atoms with Crippen LogP contribution in [0.5, 0.6) is 23.0 Å². The van der Waals surface area contributed by atoms with Gasteiger partial charge in [-0.05, 0) is 150 Å². The lowest BCUT2D eigenvalue weighted by Gasteiger charge is -2.38. The van der Waals surface area contributed by atoms with E-state index in [1.807, 2.05) is 38.1 Å². The van der Waals surface area contributed by atoms with E-state index in [9.17, 15) is 26.4 Å². The second-order valence-electron chi connectivity index (χ2n) is 22.9. The van der Waals surface area contributed by atoms with E-state index in [4.69, 9.17) is 72.6 Å². The summed E-state index contributed by atoms with van der Waals surface area (Å²) in [6.45, 7) is 10.2. The highest BCUT2D eigenvalue weighted by Gasteiger charge is 2.43. The van der Waals surface area contributed by atoms with Gasteiger partial charge in [-0.25, -0.2) is 35.9 Å². The van der Waals surface area contributed by atoms with Crippen molar-refractivity contribution in [2.45, 2.75) is 111 Å². The van der Waals surface area contributed by atoms with Crippen molar-refractivity contribution in [2.75, 3.05) is 133 Å². The van der Waals surface area contributed by atoms with Gasteiger partial charge in [0, 0.05) is 96.7 Å². The average molecular weight is 1330 g/mol. The first-order valence-electron chi connectivity index (χ1n) is 30.9. The zero-order valence-corrected chi connectivity index (χ0v) is 55.1. The minimum absolute atomic E-state index is 0.00499. The van der Waals surface area contributed by atoms with Crippen molar-refractivity contribution in [3.63, 3.8) is 0 Å². The van der Waals surface area contributed by atoms with E-state index in [0.29, 0.717) is 82.9 Å². The van der Waals surface area contributed by atoms with Crippen LogP contribution in [0.4, 0.5) is 9.59 Å². The number of sulfonamides is 2. The van der Waals surface area contributed by atoms with Crippen molar-refractivity contribution < 1.29 is 64.3 Å². The van der Waals surface area contributed by atoms with Gasteiger partial charge in [0.25, 0.3) is 0 Å². The number of piperidine rings is 2. The van der Waals surface area contributed by atoms with Gasteiger partial charge in [-0.1, -0.05) is 23.2 Å². The average Bonchev–Trinajstić information content (AvgIpc) is 1.82. The zero-order chi connectivity index (χ0) is 64.2. The van der Waals surface area contributed by atoms with Crippen LogP contribution >= 0.6 is 23.2 Å². The summed E-state index contributed by atoms with van der Waals surface area (Å²) in [5, 5.41) is 12.1. The molecule has 0 unspecified atom stereocenters. The van der Waals surface area contributed by atoms with Crippen molar-refractivity contribution in [3.8, 4) is 23.0 Å². The number of nitrogens with two attached hydrogens (primary N) is 2. The van der Waals surface area contributed by atoms with E-state index in [0.717, 1.165) is 74.1 Å². The number of rotatable bonds is 35. The molecule has 4 aromatic carbocycles. The SMILES string of the molecule is COc1cc(Cl)cc2c1C[C@H](N1CCC[C@@H](N)C1)[C@H]2Oc1ccc(S(=O)(=O)NCCOCCOCCNC(=O)NCCCCNC(=O)NCCOCCOCCNS(=O)(=O)c2ccc(O[C@H]3c4cc(Cl)cc(OC)c4C[C@@H]3N3CCC[C@@H](N)C3)c(C)c2)cc1C. The molecule has 8 rings (SSSR count). The van der Waals surface area contributed by atoms with Gasteiger partial charge in [0.15, 0.2) is 0 Å². The lowest BCUT2D eigenvalue weighted by atomic mass is 10.0. The Hall–Kier alpha value is -5.30. The summed E-state index contributed by atoms with van der Waals surface area (Å²) in [4.78, 5) is 29.4. The Bertz CT molecular complexity index is 3040. The van der Waals surface area contributed by atoms with Gasteiger partial charge >= 0.3 is 12.1 Å². The van der Waals surface area contributed by atoms with Gasteiger partial charge in [0.1, 0.15) is 35.2 Å². The second kappa shape index (κ2) is 34.6. The van der Waals surface area contributed by atoms with E-state index < -0.39 is 20.0 Å². The number of likely N-dealkylation sites (tertiary alicyclic amines) is 2. The molecule has 4 aliphatic rings. The standard InChI is InChI=1S/C62H90Cl2N10O14S2/c1-41-31-47(11-13-55(41)87-59-51-33-43(63)35-57(81-3)49(51)37-53(59)73-21-7-9-45(65)39-73)89(77,78)71-19-25-85-29-27-83-23-17-69-61(75)67-15-5-6-16-68-62(76)70-18-24-84-28-30-86-26-20-72-90(79,80)48-12-14-56(42(2)32-48)88-60-52-34-44(64)36-58(82-4)50(52)38-54(60)74-22-8-10-46(66)40-74/h11-14,31-36,45-46,53-54,59-60,71-72H,5-10,15-30,37-40,65-66H2,1-4H3,(H2,67,69,75)(H2,68,70,76)/t45-,46-,53+,54+,59+,60+/m1/s1. The number of benzene rings is 4. The quantitative estimate of drug-likeness (QED) is 0.0272. The number of urea groups is 2. The molecule has 498 valence electrons. The van der Waals surface area contributed by atoms with Crippen molar-refractivity contribution in [2.24, 2.45) is 11.5 Å². The Morgan fingerprint density at radius 1 is 0.522 bits per heavy atom. The van der Waals surface area contributed by atoms with E-state index in [2.05, 4.69) is 40.5 Å². The maximum absolute atomic E-state index is 13.2. The summed E-state index contributed by atoms with van der Waals surface area (Å²) in [7, 11) is -4.42. The Morgan fingerprint density at radius 3 is 1.27 bits per heavy atom. The molecule has 10 N–H and O–H groups in total. The Kier molecular flexibility index (Phi) is 27.1. The maximum atomic E-state index is 13.2. The number of carbonyl (C=O) groups excluding carboxylic acids is 2. The summed E-state index contributed by atoms with van der Waals surface area (Å²) in [6, 6.07) is 16.6. The molecule has 0 spiro atoms. The number of methoxy groups -OCH3 is 2. The van der Waals surface area contributed by atoms with Gasteiger partial charge in [0.2, 0.25) is 20.0 Å². The third kappa shape index (κ3) is 20.1. The minimum Gasteiger partial charge on any atom is -0.496 e. The van der Waals surface area contributed by atoms with Crippen LogP contribution in [0.15, 0.2) is 70.5 Å². The molecule has 24 nitrogen and oxygen atoms in total. The highest BCUT2D eigenvalue weighted by atomic mass is 35.5. The van der Waals surface area contributed by atoms with Crippen molar-refractivity contribution >= 4 is 55.3 Å². The number of halogens is 2. The van der Waals surface area contributed by atoms with Crippen LogP contribution < -0.4 is 61.1 Å². The molecule has 90 heavy (non-hydrogen) atoms. The molecule has 4 amide bonds. The summed E-state index contributed by atoms with van der Waals surface area (Å²) in [6.07, 6.45) is 5.95. The predicted octanol–water partition coefficient (Wildman–Crippen LogP) is 5.27. The van der Waals surface area contributed by atoms with Crippen LogP contribution in [0.2, 0.25) is 10.0 Å². The van der Waals surface area contributed by atoms with Crippen LogP contribution in [0.25, 0.3) is 0 Å². The number of aryl methyl sites for hydroxylation is 2. The minimum atomic E-state index is -3.84. The van der Waals surface area contributed by atoms with Crippen LogP contribution in [-0.2, 0) is 51.8 Å². The molecule has 0 saturated carbocycles. The van der Waals surface area contributed by atoms with E-state index >= 15 is 0 Å². The molecule has 0 aromatic heterocycles. The van der Waals surface area contributed by atoms with E-state index in [1.165, 1.54) is 12.1 Å². The molecule has 28 heteroatoms. The molecule has 2 heterocycles. The molecule has 0 radical (unpaired) electrons. The molecular weight excluding hydrogens is 1240 g/mol. The number of nitrogens with zero attached hydrogens (tertiary/aromatic N) is 2. The molecule has 2 aliphatic carbocycles. The van der Waals surface area contributed by atoms with Gasteiger partial charge in [-0.15, -0.1) is 0 Å². The number of unbranched alkanes of at least 4 members (excludes halogenated alkanes) is 1. The first-order valence-corrected chi connectivity index (χ1v) is 34.7. The highest BCUT2D eigenvalue weighted by Crippen LogP contribution is 2.46. The largest absolute Gasteiger partial charge is 0.496 e. The second-order valence-corrected chi connectivity index (χ2v) is 27.3. The Balaban J connectivity index is 0.597. The number of hydrogen-bond donors (Lipinski definition) is 8. The lowest BCUT2D eigenvalue weighted by molar-refractivity contribution is 0.0516. The van der Waals surface area contributed by atoms with Crippen LogP contribution in [-0.4, -0.2) is 195 Å². The van der Waals surface area contributed by atoms with Crippen LogP contribution in [0.1, 0.15) is 84.1 Å². The Labute approximate surface area is 539 Å². The summed E-state index contributed by atoms with van der Waals surface area (Å²) in [5.74, 6) is 2.58. The number of nitrogens with one attached hydrogen (secondary N) is 6. The van der Waals surface area contributed by atoms with Crippen molar-refractivity contribution in [1.29, 1.82) is 0 Å². The fourth-order valence-corrected chi connectivity index (χ4v) is 14.5. The number of carbonyl (C=O) groups is 2. The molecule has 0 bridgehead atoms. The van der Waals surface area contributed by atoms with Crippen LogP contribution in [0.3, 0.4) is 0 Å². The summed E-state index contributed by atoms with van der Waals surface area (Å²) < 4.78 is 105. The maximum Gasteiger partial charge on any atom is 0.314 e. The zero-order valence-electron chi connectivity index (χ0n) is 52.0. The lowest BCUT2D eigenvalue weighted by Crippen LogP contribution is -2.49. The predicted molar refractivity (Wildman–Crippen MR) is 343 cm³/mol. The molecule has 2 saturated heterocycles. The van der Waals surface area contributed by atoms with Gasteiger partial charge in [-0.2, -0.15) is 0 Å². The third-order valence-electron chi connectivity index (χ3n) is 16.4. The van der Waals surface area contributed by atoms with Gasteiger partial charge in [0.05, 0.1) is 88.9 Å². The normalized spacial score (nSPS) is 20.3. The van der Waals surface area contributed by atoms with Crippen molar-refractivity contribution in [1.82, 2.24) is 40.5 Å². The molecule has 4 aromatic rings. The summed E-state index contributed by atoms with van der Waals surface area (Å²) in [5.41, 5.74) is 18.1. The fraction of sp³-hybridized carbons (Fsp3) is 0.581. The fourth-order valence-electron chi connectivity index (χ4n) is 11.9. The van der Waals surface area contributed by atoms with E-state index in [1.54, 1.807) is 38.5 Å². The Morgan fingerprint density at radius 2 is 0.900 bits per heavy atom. The number of ether oxygens (including phenoxy) is 8. The first kappa shape index (κ1) is 70.6. The molecule has 2 aliphatic heterocycles. The van der Waals surface area contributed by atoms with Gasteiger partial charge in [-0.3, -0.25) is 9.80 Å². The van der Waals surface area contributed by atoms with E-state index in [-0.39, 0.29) is 137 Å². The summed E-state index contributed by atoms with van der Waals surface area (Å²) >= 11 is 13.1. The monoisotopic (exact) mass is 1330 g/mol. The first-order chi connectivity index (χ1) is 43.3. The number of amides is 4. The third-order valence-corrected chi connectivity index (χ3v) is 19.7. The van der Waals surface area contributed by atoms with Crippen LogP contribution in [0, 0.1) is 13.8 Å². The van der Waals surface area contributed by atoms with Crippen molar-refractivity contribution in [3.05, 3.63) is 104 Å². The molecular formula is C62H90Cl2N10O14S2.